The summed E-state index contributed by atoms with van der Waals surface area (Å²) in [5, 5.41) is 4.01. The highest BCUT2D eigenvalue weighted by Gasteiger charge is 2.24. The normalized spacial score (nSPS) is 13.8. The molecule has 0 unspecified atom stereocenters. The number of hydrogen-bond donors (Lipinski definition) is 1. The second-order valence-corrected chi connectivity index (χ2v) is 10.5. The average molecular weight is 588 g/mol. The fourth-order valence-electron chi connectivity index (χ4n) is 5.04. The lowest BCUT2D eigenvalue weighted by molar-refractivity contribution is 0.0766. The predicted molar refractivity (Wildman–Crippen MR) is 159 cm³/mol. The van der Waals surface area contributed by atoms with Crippen LogP contribution in [0.2, 0.25) is 5.02 Å². The van der Waals surface area contributed by atoms with Gasteiger partial charge in [-0.25, -0.2) is 13.8 Å². The van der Waals surface area contributed by atoms with Crippen molar-refractivity contribution in [2.75, 3.05) is 36.4 Å². The molecule has 0 spiro atoms. The Morgan fingerprint density at radius 2 is 1.74 bits per heavy atom. The van der Waals surface area contributed by atoms with E-state index in [1.54, 1.807) is 35.5 Å². The molecule has 0 bridgehead atoms. The number of imidazole rings is 1. The molecule has 42 heavy (non-hydrogen) atoms. The van der Waals surface area contributed by atoms with Gasteiger partial charge in [0.25, 0.3) is 5.91 Å². The topological polar surface area (TPSA) is 79.2 Å². The minimum atomic E-state index is -0.437. The molecule has 1 saturated heterocycles. The van der Waals surface area contributed by atoms with Crippen LogP contribution in [0.5, 0.6) is 0 Å². The number of hydrogen-bond acceptors (Lipinski definition) is 6. The zero-order chi connectivity index (χ0) is 29.1. The van der Waals surface area contributed by atoms with Crippen LogP contribution in [0, 0.1) is 11.6 Å². The molecule has 1 fully saturated rings. The third kappa shape index (κ3) is 6.03. The van der Waals surface area contributed by atoms with Gasteiger partial charge in [-0.2, -0.15) is 9.97 Å². The first-order chi connectivity index (χ1) is 20.4. The van der Waals surface area contributed by atoms with E-state index in [1.165, 1.54) is 24.3 Å². The van der Waals surface area contributed by atoms with E-state index >= 15 is 0 Å². The zero-order valence-electron chi connectivity index (χ0n) is 22.7. The number of nitrogens with zero attached hydrogens (tertiary/aromatic N) is 6. The third-order valence-corrected chi connectivity index (χ3v) is 7.63. The van der Waals surface area contributed by atoms with Crippen molar-refractivity contribution in [3.05, 3.63) is 112 Å². The number of anilines is 2. The van der Waals surface area contributed by atoms with E-state index in [-0.39, 0.29) is 11.7 Å². The molecule has 0 saturated carbocycles. The molecule has 2 aromatic heterocycles. The number of carbonyl (C=O) groups excluding carboxylic acids is 1. The summed E-state index contributed by atoms with van der Waals surface area (Å²) in [4.78, 5) is 31.3. The van der Waals surface area contributed by atoms with Crippen LogP contribution in [0.1, 0.15) is 27.9 Å². The standard InChI is InChI=1S/C31H28ClF2N7O/c32-26-8-2-1-5-23(26)19-41-20-36-27-28(35-18-21-9-11-24(33)12-10-21)37-31(38-29(27)41)40-14-4-13-39(15-16-40)30(42)22-6-3-7-25(34)17-22/h1-3,5-12,17,20H,4,13-16,18-19H2,(H,35,37,38). The fourth-order valence-corrected chi connectivity index (χ4v) is 5.23. The minimum Gasteiger partial charge on any atom is -0.364 e. The van der Waals surface area contributed by atoms with Crippen LogP contribution in [-0.2, 0) is 13.1 Å². The van der Waals surface area contributed by atoms with Crippen molar-refractivity contribution < 1.29 is 13.6 Å². The Morgan fingerprint density at radius 3 is 2.55 bits per heavy atom. The van der Waals surface area contributed by atoms with E-state index in [0.29, 0.717) is 79.2 Å². The van der Waals surface area contributed by atoms with E-state index in [1.807, 2.05) is 33.7 Å². The van der Waals surface area contributed by atoms with Gasteiger partial charge in [0.2, 0.25) is 5.95 Å². The van der Waals surface area contributed by atoms with Gasteiger partial charge in [0.05, 0.1) is 12.9 Å². The van der Waals surface area contributed by atoms with Crippen LogP contribution in [0.15, 0.2) is 79.1 Å². The molecule has 5 aromatic rings. The number of fused-ring (bicyclic) bond motifs is 1. The Morgan fingerprint density at radius 1 is 0.905 bits per heavy atom. The van der Waals surface area contributed by atoms with E-state index in [2.05, 4.69) is 10.3 Å². The fraction of sp³-hybridized carbons (Fsp3) is 0.226. The number of amides is 1. The van der Waals surface area contributed by atoms with Crippen molar-refractivity contribution in [3.8, 4) is 0 Å². The first kappa shape index (κ1) is 27.6. The Bertz CT molecular complexity index is 1730. The maximum Gasteiger partial charge on any atom is 0.254 e. The molecule has 11 heteroatoms. The van der Waals surface area contributed by atoms with Crippen LogP contribution in [0.4, 0.5) is 20.5 Å². The van der Waals surface area contributed by atoms with E-state index < -0.39 is 5.82 Å². The first-order valence-corrected chi connectivity index (χ1v) is 14.1. The Kier molecular flexibility index (Phi) is 7.96. The molecular weight excluding hydrogens is 560 g/mol. The highest BCUT2D eigenvalue weighted by Crippen LogP contribution is 2.26. The van der Waals surface area contributed by atoms with Crippen LogP contribution in [-0.4, -0.2) is 56.5 Å². The SMILES string of the molecule is O=C(c1cccc(F)c1)N1CCCN(c2nc(NCc3ccc(F)cc3)c3ncn(Cc4ccccc4Cl)c3n2)CC1. The number of nitrogens with one attached hydrogen (secondary N) is 1. The van der Waals surface area contributed by atoms with Crippen LogP contribution in [0.25, 0.3) is 11.2 Å². The minimum absolute atomic E-state index is 0.202. The maximum atomic E-state index is 13.7. The van der Waals surface area contributed by atoms with Crippen molar-refractivity contribution in [1.82, 2.24) is 24.4 Å². The Labute approximate surface area is 246 Å². The lowest BCUT2D eigenvalue weighted by atomic mass is 10.2. The molecule has 8 nitrogen and oxygen atoms in total. The summed E-state index contributed by atoms with van der Waals surface area (Å²) in [6.45, 7) is 3.00. The van der Waals surface area contributed by atoms with Crippen LogP contribution >= 0.6 is 11.6 Å². The molecule has 0 aliphatic carbocycles. The largest absolute Gasteiger partial charge is 0.364 e. The molecule has 1 amide bonds. The van der Waals surface area contributed by atoms with Gasteiger partial charge in [0, 0.05) is 43.3 Å². The number of halogens is 3. The van der Waals surface area contributed by atoms with Crippen molar-refractivity contribution in [2.24, 2.45) is 0 Å². The van der Waals surface area contributed by atoms with Crippen molar-refractivity contribution >= 4 is 40.4 Å². The van der Waals surface area contributed by atoms with Crippen molar-refractivity contribution in [2.45, 2.75) is 19.5 Å². The highest BCUT2D eigenvalue weighted by molar-refractivity contribution is 6.31. The van der Waals surface area contributed by atoms with E-state index in [9.17, 15) is 13.6 Å². The average Bonchev–Trinajstić information content (AvgIpc) is 3.23. The molecule has 214 valence electrons. The number of carbonyl (C=O) groups is 1. The molecule has 6 rings (SSSR count). The summed E-state index contributed by atoms with van der Waals surface area (Å²) in [5.41, 5.74) is 3.39. The lowest BCUT2D eigenvalue weighted by Gasteiger charge is -2.23. The third-order valence-electron chi connectivity index (χ3n) is 7.26. The van der Waals surface area contributed by atoms with Gasteiger partial charge in [-0.3, -0.25) is 4.79 Å². The summed E-state index contributed by atoms with van der Waals surface area (Å²) >= 11 is 6.45. The van der Waals surface area contributed by atoms with Crippen molar-refractivity contribution in [1.29, 1.82) is 0 Å². The molecular formula is C31H28ClF2N7O. The first-order valence-electron chi connectivity index (χ1n) is 13.7. The van der Waals surface area contributed by atoms with Gasteiger partial charge in [-0.05, 0) is 53.9 Å². The highest BCUT2D eigenvalue weighted by atomic mass is 35.5. The lowest BCUT2D eigenvalue weighted by Crippen LogP contribution is -2.35. The maximum absolute atomic E-state index is 13.7. The van der Waals surface area contributed by atoms with E-state index in [0.717, 1.165) is 11.1 Å². The summed E-state index contributed by atoms with van der Waals surface area (Å²) in [6.07, 6.45) is 2.41. The van der Waals surface area contributed by atoms with Crippen molar-refractivity contribution in [3.63, 3.8) is 0 Å². The van der Waals surface area contributed by atoms with E-state index in [4.69, 9.17) is 21.6 Å². The van der Waals surface area contributed by atoms with Gasteiger partial charge in [0.15, 0.2) is 17.0 Å². The molecule has 3 aromatic carbocycles. The summed E-state index contributed by atoms with van der Waals surface area (Å²) in [7, 11) is 0. The summed E-state index contributed by atoms with van der Waals surface area (Å²) < 4.78 is 29.1. The summed E-state index contributed by atoms with van der Waals surface area (Å²) in [6, 6.07) is 19.7. The van der Waals surface area contributed by atoms with Crippen LogP contribution in [0.3, 0.4) is 0 Å². The van der Waals surface area contributed by atoms with Gasteiger partial charge >= 0.3 is 0 Å². The smallest absolute Gasteiger partial charge is 0.254 e. The van der Waals surface area contributed by atoms with Gasteiger partial charge < -0.3 is 19.7 Å². The second kappa shape index (κ2) is 12.1. The van der Waals surface area contributed by atoms with Gasteiger partial charge in [0.1, 0.15) is 11.6 Å². The molecule has 0 radical (unpaired) electrons. The molecule has 0 atom stereocenters. The molecule has 1 aliphatic rings. The monoisotopic (exact) mass is 587 g/mol. The Balaban J connectivity index is 1.29. The second-order valence-electron chi connectivity index (χ2n) is 10.1. The Hall–Kier alpha value is -4.57. The quantitative estimate of drug-likeness (QED) is 0.260. The van der Waals surface area contributed by atoms with Gasteiger partial charge in [-0.15, -0.1) is 0 Å². The predicted octanol–water partition coefficient (Wildman–Crippen LogP) is 5.77. The molecule has 1 aliphatic heterocycles. The number of aromatic nitrogens is 4. The zero-order valence-corrected chi connectivity index (χ0v) is 23.4. The molecule has 1 N–H and O–H groups in total. The number of rotatable bonds is 7. The number of benzene rings is 3. The summed E-state index contributed by atoms with van der Waals surface area (Å²) in [5.74, 6) is 0.120. The van der Waals surface area contributed by atoms with Crippen LogP contribution < -0.4 is 10.2 Å². The molecule has 3 heterocycles. The van der Waals surface area contributed by atoms with Gasteiger partial charge in [-0.1, -0.05) is 48.0 Å².